The molecule has 1 atom stereocenters. The number of carbonyl (C=O) groups is 1. The molecule has 1 fully saturated rings. The Morgan fingerprint density at radius 2 is 1.84 bits per heavy atom. The monoisotopic (exact) mass is 448 g/mol. The van der Waals surface area contributed by atoms with Gasteiger partial charge in [0.2, 0.25) is 15.9 Å². The number of hydrogen-bond donors (Lipinski definition) is 1. The van der Waals surface area contributed by atoms with Crippen LogP contribution in [0, 0.1) is 10.1 Å². The van der Waals surface area contributed by atoms with Crippen LogP contribution in [0.4, 0.5) is 22.7 Å². The van der Waals surface area contributed by atoms with Gasteiger partial charge in [-0.1, -0.05) is 6.07 Å². The smallest absolute Gasteiger partial charge is 0.271 e. The summed E-state index contributed by atoms with van der Waals surface area (Å²) in [6.45, 7) is 4.33. The lowest BCUT2D eigenvalue weighted by Gasteiger charge is -2.29. The number of non-ortho nitro benzene ring substituents is 1. The van der Waals surface area contributed by atoms with Crippen molar-refractivity contribution in [2.45, 2.75) is 13.0 Å². The van der Waals surface area contributed by atoms with E-state index in [0.717, 1.165) is 35.4 Å². The summed E-state index contributed by atoms with van der Waals surface area (Å²) in [5.74, 6) is -0.559. The first-order chi connectivity index (χ1) is 14.7. The highest BCUT2D eigenvalue weighted by Gasteiger charge is 2.30. The number of morpholine rings is 1. The molecule has 0 bridgehead atoms. The maximum absolute atomic E-state index is 12.8. The topological polar surface area (TPSA) is 122 Å². The molecule has 0 radical (unpaired) electrons. The van der Waals surface area contributed by atoms with Gasteiger partial charge in [-0.05, 0) is 37.3 Å². The van der Waals surface area contributed by atoms with E-state index in [4.69, 9.17) is 4.74 Å². The molecule has 10 nitrogen and oxygen atoms in total. The molecule has 1 saturated heterocycles. The third-order valence-corrected chi connectivity index (χ3v) is 6.14. The van der Waals surface area contributed by atoms with E-state index < -0.39 is 26.9 Å². The zero-order valence-electron chi connectivity index (χ0n) is 17.2. The van der Waals surface area contributed by atoms with E-state index >= 15 is 0 Å². The highest BCUT2D eigenvalue weighted by molar-refractivity contribution is 7.92. The lowest BCUT2D eigenvalue weighted by Crippen LogP contribution is -2.45. The van der Waals surface area contributed by atoms with Crippen LogP contribution in [-0.4, -0.2) is 57.8 Å². The second-order valence-corrected chi connectivity index (χ2v) is 9.01. The Morgan fingerprint density at radius 3 is 2.42 bits per heavy atom. The molecule has 0 aliphatic carbocycles. The number of nitro benzene ring substituents is 1. The van der Waals surface area contributed by atoms with Gasteiger partial charge in [0.15, 0.2) is 0 Å². The Hall–Kier alpha value is -3.18. The predicted molar refractivity (Wildman–Crippen MR) is 118 cm³/mol. The molecule has 0 spiro atoms. The zero-order chi connectivity index (χ0) is 22.6. The largest absolute Gasteiger partial charge is 0.378 e. The summed E-state index contributed by atoms with van der Waals surface area (Å²) in [7, 11) is -3.89. The molecule has 0 unspecified atom stereocenters. The fourth-order valence-electron chi connectivity index (χ4n) is 3.38. The van der Waals surface area contributed by atoms with Crippen molar-refractivity contribution in [2.24, 2.45) is 0 Å². The molecule has 1 heterocycles. The fraction of sp³-hybridized carbons (Fsp3) is 0.350. The van der Waals surface area contributed by atoms with Gasteiger partial charge in [0.25, 0.3) is 5.69 Å². The highest BCUT2D eigenvalue weighted by atomic mass is 32.2. The molecule has 2 aromatic rings. The SMILES string of the molecule is C[C@H](C(=O)Nc1ccc(N2CCOCC2)cc1)N(c1cccc([N+](=O)[O-])c1)S(C)(=O)=O. The Bertz CT molecular complexity index is 1050. The molecule has 11 heteroatoms. The van der Waals surface area contributed by atoms with E-state index in [1.54, 1.807) is 12.1 Å². The molecular weight excluding hydrogens is 424 g/mol. The molecule has 31 heavy (non-hydrogen) atoms. The van der Waals surface area contributed by atoms with Crippen molar-refractivity contribution in [3.05, 3.63) is 58.6 Å². The van der Waals surface area contributed by atoms with Crippen LogP contribution in [0.2, 0.25) is 0 Å². The number of rotatable bonds is 7. The number of benzene rings is 2. The molecule has 0 aromatic heterocycles. The minimum absolute atomic E-state index is 0.0435. The molecule has 2 aromatic carbocycles. The van der Waals surface area contributed by atoms with Crippen LogP contribution in [0.5, 0.6) is 0 Å². The van der Waals surface area contributed by atoms with Crippen molar-refractivity contribution in [3.8, 4) is 0 Å². The van der Waals surface area contributed by atoms with Gasteiger partial charge in [-0.15, -0.1) is 0 Å². The Balaban J connectivity index is 1.77. The average molecular weight is 449 g/mol. The number of sulfonamides is 1. The standard InChI is InChI=1S/C20H24N4O6S/c1-15(23(31(2,28)29)18-4-3-5-19(14-18)24(26)27)20(25)21-16-6-8-17(9-7-16)22-10-12-30-13-11-22/h3-9,14-15H,10-13H2,1-2H3,(H,21,25)/t15-/m1/s1. The predicted octanol–water partition coefficient (Wildman–Crippen LogP) is 2.22. The Labute approximate surface area is 180 Å². The molecule has 1 N–H and O–H groups in total. The van der Waals surface area contributed by atoms with Crippen LogP contribution >= 0.6 is 0 Å². The molecule has 1 aliphatic rings. The third-order valence-electron chi connectivity index (χ3n) is 4.89. The minimum Gasteiger partial charge on any atom is -0.378 e. The second kappa shape index (κ2) is 9.31. The van der Waals surface area contributed by atoms with Crippen molar-refractivity contribution in [2.75, 3.05) is 47.1 Å². The van der Waals surface area contributed by atoms with Crippen LogP contribution in [0.15, 0.2) is 48.5 Å². The fourth-order valence-corrected chi connectivity index (χ4v) is 4.54. The second-order valence-electron chi connectivity index (χ2n) is 7.15. The Morgan fingerprint density at radius 1 is 1.19 bits per heavy atom. The molecule has 166 valence electrons. The summed E-state index contributed by atoms with van der Waals surface area (Å²) in [4.78, 5) is 25.4. The molecule has 1 aliphatic heterocycles. The van der Waals surface area contributed by atoms with Gasteiger partial charge < -0.3 is 15.0 Å². The van der Waals surface area contributed by atoms with Gasteiger partial charge in [0, 0.05) is 36.6 Å². The van der Waals surface area contributed by atoms with Crippen LogP contribution in [-0.2, 0) is 19.6 Å². The maximum Gasteiger partial charge on any atom is 0.271 e. The van der Waals surface area contributed by atoms with Crippen molar-refractivity contribution in [1.29, 1.82) is 0 Å². The van der Waals surface area contributed by atoms with E-state index in [9.17, 15) is 23.3 Å². The van der Waals surface area contributed by atoms with E-state index in [-0.39, 0.29) is 11.4 Å². The number of ether oxygens (including phenoxy) is 1. The summed E-state index contributed by atoms with van der Waals surface area (Å²) < 4.78 is 31.0. The zero-order valence-corrected chi connectivity index (χ0v) is 18.0. The average Bonchev–Trinajstić information content (AvgIpc) is 2.74. The van der Waals surface area contributed by atoms with Crippen LogP contribution in [0.1, 0.15) is 6.92 Å². The number of amides is 1. The Kier molecular flexibility index (Phi) is 6.76. The van der Waals surface area contributed by atoms with Gasteiger partial charge in [-0.25, -0.2) is 8.42 Å². The normalized spacial score (nSPS) is 15.2. The number of carbonyl (C=O) groups excluding carboxylic acids is 1. The minimum atomic E-state index is -3.89. The van der Waals surface area contributed by atoms with Crippen molar-refractivity contribution in [1.82, 2.24) is 0 Å². The van der Waals surface area contributed by atoms with Crippen molar-refractivity contribution >= 4 is 38.7 Å². The number of nitrogens with one attached hydrogen (secondary N) is 1. The lowest BCUT2D eigenvalue weighted by atomic mass is 10.2. The van der Waals surface area contributed by atoms with E-state index in [2.05, 4.69) is 10.2 Å². The summed E-state index contributed by atoms with van der Waals surface area (Å²) in [5, 5.41) is 13.8. The van der Waals surface area contributed by atoms with Crippen molar-refractivity contribution < 1.29 is 22.9 Å². The van der Waals surface area contributed by atoms with Gasteiger partial charge in [-0.3, -0.25) is 19.2 Å². The molecular formula is C20H24N4O6S. The summed E-state index contributed by atoms with van der Waals surface area (Å²) in [5.41, 5.74) is 1.30. The van der Waals surface area contributed by atoms with E-state index in [1.807, 2.05) is 12.1 Å². The first kappa shape index (κ1) is 22.5. The van der Waals surface area contributed by atoms with Crippen molar-refractivity contribution in [3.63, 3.8) is 0 Å². The number of anilines is 3. The number of nitro groups is 1. The lowest BCUT2D eigenvalue weighted by molar-refractivity contribution is -0.384. The summed E-state index contributed by atoms with van der Waals surface area (Å²) in [6, 6.07) is 11.3. The van der Waals surface area contributed by atoms with E-state index in [0.29, 0.717) is 18.9 Å². The van der Waals surface area contributed by atoms with Gasteiger partial charge in [0.1, 0.15) is 6.04 Å². The van der Waals surface area contributed by atoms with Gasteiger partial charge >= 0.3 is 0 Å². The van der Waals surface area contributed by atoms with Crippen LogP contribution in [0.25, 0.3) is 0 Å². The molecule has 0 saturated carbocycles. The van der Waals surface area contributed by atoms with E-state index in [1.165, 1.54) is 25.1 Å². The first-order valence-electron chi connectivity index (χ1n) is 9.64. The maximum atomic E-state index is 12.8. The summed E-state index contributed by atoms with van der Waals surface area (Å²) >= 11 is 0. The highest BCUT2D eigenvalue weighted by Crippen LogP contribution is 2.26. The summed E-state index contributed by atoms with van der Waals surface area (Å²) in [6.07, 6.45) is 0.951. The van der Waals surface area contributed by atoms with Gasteiger partial charge in [-0.2, -0.15) is 0 Å². The van der Waals surface area contributed by atoms with Gasteiger partial charge in [0.05, 0.1) is 30.1 Å². The first-order valence-corrected chi connectivity index (χ1v) is 11.5. The quantitative estimate of drug-likeness (QED) is 0.509. The number of nitrogens with zero attached hydrogens (tertiary/aromatic N) is 3. The molecule has 3 rings (SSSR count). The number of hydrogen-bond acceptors (Lipinski definition) is 7. The third kappa shape index (κ3) is 5.50. The van der Waals surface area contributed by atoms with Crippen LogP contribution < -0.4 is 14.5 Å². The molecule has 1 amide bonds. The van der Waals surface area contributed by atoms with Crippen LogP contribution in [0.3, 0.4) is 0 Å².